The number of alkyl halides is 3. The van der Waals surface area contributed by atoms with Crippen molar-refractivity contribution in [3.8, 4) is 11.5 Å². The average Bonchev–Trinajstić information content (AvgIpc) is 2.58. The molecule has 0 saturated heterocycles. The van der Waals surface area contributed by atoms with Crippen LogP contribution in [0.3, 0.4) is 0 Å². The molecule has 0 heterocycles. The highest BCUT2D eigenvalue weighted by Gasteiger charge is 2.32. The van der Waals surface area contributed by atoms with Crippen LogP contribution >= 0.6 is 0 Å². The van der Waals surface area contributed by atoms with Gasteiger partial charge in [-0.1, -0.05) is 42.1 Å². The Labute approximate surface area is 145 Å². The standard InChI is InChI=1S/C19H13F3O2S/c20-19(21,22)24-14-10-12-16(13-11-14)25(15-6-2-1-3-7-15)18-9-5-4-8-17(18)23/h1-13H. The van der Waals surface area contributed by atoms with Gasteiger partial charge in [0.2, 0.25) is 0 Å². The minimum absolute atomic E-state index is 0.106. The normalized spacial score (nSPS) is 12.6. The first kappa shape index (κ1) is 17.2. The highest BCUT2D eigenvalue weighted by atomic mass is 32.2. The van der Waals surface area contributed by atoms with Crippen molar-refractivity contribution in [3.63, 3.8) is 0 Å². The molecule has 3 aromatic rings. The molecule has 0 saturated carbocycles. The second kappa shape index (κ2) is 7.11. The van der Waals surface area contributed by atoms with E-state index in [2.05, 4.69) is 4.74 Å². The van der Waals surface area contributed by atoms with Crippen molar-refractivity contribution < 1.29 is 23.0 Å². The molecule has 1 unspecified atom stereocenters. The molecule has 2 nitrogen and oxygen atoms in total. The zero-order chi connectivity index (χ0) is 17.9. The number of hydrogen-bond acceptors (Lipinski definition) is 2. The summed E-state index contributed by atoms with van der Waals surface area (Å²) in [6, 6.07) is 21.7. The van der Waals surface area contributed by atoms with Crippen molar-refractivity contribution in [3.05, 3.63) is 78.9 Å². The molecule has 0 spiro atoms. The average molecular weight is 362 g/mol. The Kier molecular flexibility index (Phi) is 4.90. The molecule has 0 radical (unpaired) electrons. The molecule has 0 aliphatic carbocycles. The molecular formula is C19H13F3O2S. The highest BCUT2D eigenvalue weighted by molar-refractivity contribution is 7.97. The maximum Gasteiger partial charge on any atom is 0.573 e. The summed E-state index contributed by atoms with van der Waals surface area (Å²) in [5.74, 6) is -0.395. The van der Waals surface area contributed by atoms with E-state index in [0.29, 0.717) is 4.90 Å². The van der Waals surface area contributed by atoms with Gasteiger partial charge in [0.05, 0.1) is 10.9 Å². The lowest BCUT2D eigenvalue weighted by Gasteiger charge is -2.14. The van der Waals surface area contributed by atoms with Gasteiger partial charge in [0.15, 0.2) is 14.7 Å². The van der Waals surface area contributed by atoms with Gasteiger partial charge in [-0.15, -0.1) is 13.2 Å². The summed E-state index contributed by atoms with van der Waals surface area (Å²) < 4.78 is 40.9. The van der Waals surface area contributed by atoms with Gasteiger partial charge in [0, 0.05) is 0 Å². The third-order valence-electron chi connectivity index (χ3n) is 3.34. The van der Waals surface area contributed by atoms with Crippen molar-refractivity contribution in [2.75, 3.05) is 0 Å². The molecular weight excluding hydrogens is 349 g/mol. The van der Waals surface area contributed by atoms with Crippen LogP contribution in [0.5, 0.6) is 11.5 Å². The summed E-state index contributed by atoms with van der Waals surface area (Å²) in [5.41, 5.74) is 0. The maximum absolute atomic E-state index is 12.3. The fourth-order valence-electron chi connectivity index (χ4n) is 2.34. The SMILES string of the molecule is [O-]c1ccccc1[S+](c1ccccc1)c1ccc(OC(F)(F)F)cc1. The van der Waals surface area contributed by atoms with E-state index >= 15 is 0 Å². The number of rotatable bonds is 4. The molecule has 0 amide bonds. The topological polar surface area (TPSA) is 32.3 Å². The van der Waals surface area contributed by atoms with Crippen molar-refractivity contribution in [1.29, 1.82) is 0 Å². The lowest BCUT2D eigenvalue weighted by Crippen LogP contribution is -2.17. The van der Waals surface area contributed by atoms with Crippen molar-refractivity contribution in [2.45, 2.75) is 21.0 Å². The van der Waals surface area contributed by atoms with Crippen molar-refractivity contribution >= 4 is 10.9 Å². The second-order valence-corrected chi connectivity index (χ2v) is 7.08. The maximum atomic E-state index is 12.3. The molecule has 0 aliphatic heterocycles. The third-order valence-corrected chi connectivity index (χ3v) is 5.61. The Balaban J connectivity index is 2.02. The van der Waals surface area contributed by atoms with Crippen LogP contribution in [0.4, 0.5) is 13.2 Å². The summed E-state index contributed by atoms with van der Waals surface area (Å²) in [6.45, 7) is 0. The Hall–Kier alpha value is -2.60. The van der Waals surface area contributed by atoms with Crippen LogP contribution in [-0.2, 0) is 10.9 Å². The fraction of sp³-hybridized carbons (Fsp3) is 0.0526. The molecule has 0 aliphatic rings. The van der Waals surface area contributed by atoms with E-state index in [-0.39, 0.29) is 11.5 Å². The summed E-state index contributed by atoms with van der Waals surface area (Å²) >= 11 is 0. The van der Waals surface area contributed by atoms with Gasteiger partial charge in [-0.3, -0.25) is 0 Å². The molecule has 0 aromatic heterocycles. The van der Waals surface area contributed by atoms with Gasteiger partial charge in [-0.05, 0) is 42.5 Å². The van der Waals surface area contributed by atoms with Crippen molar-refractivity contribution in [2.24, 2.45) is 0 Å². The van der Waals surface area contributed by atoms with Crippen LogP contribution in [-0.4, -0.2) is 6.36 Å². The zero-order valence-electron chi connectivity index (χ0n) is 12.9. The van der Waals surface area contributed by atoms with Gasteiger partial charge >= 0.3 is 6.36 Å². The van der Waals surface area contributed by atoms with Crippen molar-refractivity contribution in [1.82, 2.24) is 0 Å². The van der Waals surface area contributed by atoms with Crippen LogP contribution in [0, 0.1) is 0 Å². The number of para-hydroxylation sites is 1. The lowest BCUT2D eigenvalue weighted by atomic mass is 10.3. The molecule has 0 fully saturated rings. The summed E-state index contributed by atoms with van der Waals surface area (Å²) in [6.07, 6.45) is -4.73. The highest BCUT2D eigenvalue weighted by Crippen LogP contribution is 2.36. The van der Waals surface area contributed by atoms with E-state index in [1.165, 1.54) is 18.2 Å². The molecule has 3 aromatic carbocycles. The van der Waals surface area contributed by atoms with Gasteiger partial charge in [-0.25, -0.2) is 0 Å². The molecule has 1 atom stereocenters. The van der Waals surface area contributed by atoms with Crippen LogP contribution < -0.4 is 9.84 Å². The number of ether oxygens (including phenoxy) is 1. The van der Waals surface area contributed by atoms with Gasteiger partial charge < -0.3 is 9.84 Å². The predicted molar refractivity (Wildman–Crippen MR) is 87.6 cm³/mol. The third kappa shape index (κ3) is 4.28. The minimum Gasteiger partial charge on any atom is -0.869 e. The monoisotopic (exact) mass is 362 g/mol. The van der Waals surface area contributed by atoms with E-state index in [9.17, 15) is 18.3 Å². The molecule has 128 valence electrons. The Bertz CT molecular complexity index is 833. The Morgan fingerprint density at radius 1 is 0.720 bits per heavy atom. The smallest absolute Gasteiger partial charge is 0.573 e. The first-order valence-electron chi connectivity index (χ1n) is 7.35. The van der Waals surface area contributed by atoms with Gasteiger partial charge in [0.1, 0.15) is 5.75 Å². The van der Waals surface area contributed by atoms with E-state index in [1.807, 2.05) is 30.3 Å². The van der Waals surface area contributed by atoms with Crippen LogP contribution in [0.25, 0.3) is 0 Å². The molecule has 3 rings (SSSR count). The molecule has 25 heavy (non-hydrogen) atoms. The first-order chi connectivity index (χ1) is 11.9. The van der Waals surface area contributed by atoms with Crippen LogP contribution in [0.15, 0.2) is 93.5 Å². The van der Waals surface area contributed by atoms with E-state index < -0.39 is 17.3 Å². The molecule has 6 heteroatoms. The first-order valence-corrected chi connectivity index (χ1v) is 8.58. The van der Waals surface area contributed by atoms with E-state index in [0.717, 1.165) is 9.79 Å². The summed E-state index contributed by atoms with van der Waals surface area (Å²) in [4.78, 5) is 2.25. The Morgan fingerprint density at radius 3 is 1.88 bits per heavy atom. The van der Waals surface area contributed by atoms with Gasteiger partial charge in [-0.2, -0.15) is 0 Å². The lowest BCUT2D eigenvalue weighted by molar-refractivity contribution is -0.274. The number of halogens is 3. The van der Waals surface area contributed by atoms with Crippen LogP contribution in [0.2, 0.25) is 0 Å². The summed E-state index contributed by atoms with van der Waals surface area (Å²) in [5, 5.41) is 12.3. The summed E-state index contributed by atoms with van der Waals surface area (Å²) in [7, 11) is -0.707. The van der Waals surface area contributed by atoms with Gasteiger partial charge in [0.25, 0.3) is 0 Å². The number of hydrogen-bond donors (Lipinski definition) is 0. The zero-order valence-corrected chi connectivity index (χ0v) is 13.7. The molecule has 0 bridgehead atoms. The number of benzene rings is 3. The predicted octanol–water partition coefficient (Wildman–Crippen LogP) is 4.75. The minimum atomic E-state index is -4.73. The molecule has 0 N–H and O–H groups in total. The second-order valence-electron chi connectivity index (χ2n) is 5.09. The Morgan fingerprint density at radius 2 is 1.28 bits per heavy atom. The fourth-order valence-corrected chi connectivity index (χ4v) is 4.44. The van der Waals surface area contributed by atoms with Crippen LogP contribution in [0.1, 0.15) is 0 Å². The quantitative estimate of drug-likeness (QED) is 0.627. The van der Waals surface area contributed by atoms with E-state index in [4.69, 9.17) is 0 Å². The largest absolute Gasteiger partial charge is 0.869 e. The van der Waals surface area contributed by atoms with E-state index in [1.54, 1.807) is 30.3 Å².